The van der Waals surface area contributed by atoms with E-state index in [4.69, 9.17) is 27.9 Å². The summed E-state index contributed by atoms with van der Waals surface area (Å²) >= 11 is 11.8. The van der Waals surface area contributed by atoms with E-state index in [0.29, 0.717) is 42.6 Å². The fraction of sp³-hybridized carbons (Fsp3) is 0.278. The van der Waals surface area contributed by atoms with Gasteiger partial charge in [-0.2, -0.15) is 4.31 Å². The first-order valence-corrected chi connectivity index (χ1v) is 10.4. The highest BCUT2D eigenvalue weighted by Crippen LogP contribution is 2.26. The topological polar surface area (TPSA) is 75.7 Å². The molecule has 9 heteroatoms. The molecule has 2 aromatic rings. The van der Waals surface area contributed by atoms with E-state index in [2.05, 4.69) is 5.32 Å². The zero-order valence-electron chi connectivity index (χ0n) is 14.5. The maximum atomic E-state index is 12.8. The van der Waals surface area contributed by atoms with E-state index in [0.717, 1.165) is 5.56 Å². The number of ether oxygens (including phenoxy) is 1. The maximum absolute atomic E-state index is 12.8. The number of nitrogens with one attached hydrogen (secondary N) is 1. The van der Waals surface area contributed by atoms with Crippen molar-refractivity contribution in [2.24, 2.45) is 0 Å². The predicted octanol–water partition coefficient (Wildman–Crippen LogP) is 3.58. The highest BCUT2D eigenvalue weighted by Gasteiger charge is 2.27. The van der Waals surface area contributed by atoms with Gasteiger partial charge in [0.15, 0.2) is 0 Å². The Morgan fingerprint density at radius 1 is 1.07 bits per heavy atom. The minimum Gasteiger partial charge on any atom is -0.379 e. The number of rotatable bonds is 4. The molecule has 0 saturated carbocycles. The number of hydrogen-bond donors (Lipinski definition) is 1. The lowest BCUT2D eigenvalue weighted by Gasteiger charge is -2.26. The number of carbonyl (C=O) groups excluding carboxylic acids is 1. The van der Waals surface area contributed by atoms with E-state index in [-0.39, 0.29) is 9.92 Å². The van der Waals surface area contributed by atoms with Gasteiger partial charge < -0.3 is 10.1 Å². The molecule has 1 aliphatic heterocycles. The highest BCUT2D eigenvalue weighted by molar-refractivity contribution is 7.89. The van der Waals surface area contributed by atoms with Crippen LogP contribution in [0.4, 0.5) is 5.69 Å². The lowest BCUT2D eigenvalue weighted by molar-refractivity contribution is 0.0730. The summed E-state index contributed by atoms with van der Waals surface area (Å²) in [5.74, 6) is -0.405. The number of nitrogens with zero attached hydrogens (tertiary/aromatic N) is 1. The lowest BCUT2D eigenvalue weighted by Crippen LogP contribution is -2.40. The number of anilines is 1. The van der Waals surface area contributed by atoms with E-state index in [1.54, 1.807) is 19.1 Å². The second-order valence-electron chi connectivity index (χ2n) is 6.08. The number of morpholine rings is 1. The predicted molar refractivity (Wildman–Crippen MR) is 105 cm³/mol. The van der Waals surface area contributed by atoms with Gasteiger partial charge in [0.25, 0.3) is 5.91 Å². The molecule has 1 aliphatic rings. The van der Waals surface area contributed by atoms with Crippen LogP contribution in [-0.2, 0) is 14.8 Å². The van der Waals surface area contributed by atoms with Crippen LogP contribution in [0, 0.1) is 6.92 Å². The molecule has 0 bridgehead atoms. The van der Waals surface area contributed by atoms with Crippen molar-refractivity contribution in [2.45, 2.75) is 11.8 Å². The number of carbonyl (C=O) groups is 1. The number of hydrogen-bond acceptors (Lipinski definition) is 4. The van der Waals surface area contributed by atoms with Gasteiger partial charge in [0.05, 0.1) is 28.2 Å². The van der Waals surface area contributed by atoms with E-state index in [1.807, 2.05) is 0 Å². The van der Waals surface area contributed by atoms with Gasteiger partial charge in [-0.25, -0.2) is 8.42 Å². The summed E-state index contributed by atoms with van der Waals surface area (Å²) in [6, 6.07) is 9.21. The molecule has 1 saturated heterocycles. The molecule has 1 heterocycles. The van der Waals surface area contributed by atoms with Gasteiger partial charge in [0, 0.05) is 24.3 Å². The summed E-state index contributed by atoms with van der Waals surface area (Å²) in [4.78, 5) is 12.6. The van der Waals surface area contributed by atoms with Crippen molar-refractivity contribution in [1.29, 1.82) is 0 Å². The third-order valence-corrected chi connectivity index (χ3v) is 6.88. The van der Waals surface area contributed by atoms with Crippen LogP contribution in [0.1, 0.15) is 15.9 Å². The Bertz CT molecular complexity index is 973. The van der Waals surface area contributed by atoms with Crippen molar-refractivity contribution >= 4 is 44.8 Å². The summed E-state index contributed by atoms with van der Waals surface area (Å²) in [6.45, 7) is 3.13. The highest BCUT2D eigenvalue weighted by atomic mass is 35.5. The number of benzene rings is 2. The summed E-state index contributed by atoms with van der Waals surface area (Å²) < 4.78 is 32.2. The SMILES string of the molecule is Cc1ccc(S(=O)(=O)N2CCOCC2)cc1NC(=O)c1ccc(Cl)c(Cl)c1. The van der Waals surface area contributed by atoms with Crippen molar-refractivity contribution in [1.82, 2.24) is 4.31 Å². The molecule has 0 spiro atoms. The van der Waals surface area contributed by atoms with Crippen LogP contribution < -0.4 is 5.32 Å². The van der Waals surface area contributed by atoms with Gasteiger partial charge in [-0.05, 0) is 42.8 Å². The first-order chi connectivity index (χ1) is 12.8. The Labute approximate surface area is 168 Å². The van der Waals surface area contributed by atoms with E-state index >= 15 is 0 Å². The molecular weight excluding hydrogens is 411 g/mol. The van der Waals surface area contributed by atoms with Crippen LogP contribution >= 0.6 is 23.2 Å². The van der Waals surface area contributed by atoms with Crippen molar-refractivity contribution in [3.8, 4) is 0 Å². The van der Waals surface area contributed by atoms with Crippen LogP contribution in [-0.4, -0.2) is 44.9 Å². The zero-order chi connectivity index (χ0) is 19.6. The molecule has 0 radical (unpaired) electrons. The van der Waals surface area contributed by atoms with E-state index < -0.39 is 15.9 Å². The molecule has 6 nitrogen and oxygen atoms in total. The summed E-state index contributed by atoms with van der Waals surface area (Å²) in [6.07, 6.45) is 0. The minimum atomic E-state index is -3.65. The first kappa shape index (κ1) is 20.1. The maximum Gasteiger partial charge on any atom is 0.255 e. The quantitative estimate of drug-likeness (QED) is 0.807. The van der Waals surface area contributed by atoms with Crippen molar-refractivity contribution in [2.75, 3.05) is 31.6 Å². The number of halogens is 2. The van der Waals surface area contributed by atoms with Gasteiger partial charge in [0.1, 0.15) is 0 Å². The fourth-order valence-corrected chi connectivity index (χ4v) is 4.40. The van der Waals surface area contributed by atoms with Crippen molar-refractivity contribution < 1.29 is 17.9 Å². The van der Waals surface area contributed by atoms with Crippen LogP contribution in [0.25, 0.3) is 0 Å². The standard InChI is InChI=1S/C18H18Cl2N2O4S/c1-12-2-4-14(27(24,25)22-6-8-26-9-7-22)11-17(12)21-18(23)13-3-5-15(19)16(20)10-13/h2-5,10-11H,6-9H2,1H3,(H,21,23). The molecular formula is C18H18Cl2N2O4S. The molecule has 0 unspecified atom stereocenters. The van der Waals surface area contributed by atoms with Crippen LogP contribution in [0.3, 0.4) is 0 Å². The second-order valence-corrected chi connectivity index (χ2v) is 8.83. The van der Waals surface area contributed by atoms with Crippen LogP contribution in [0.15, 0.2) is 41.3 Å². The van der Waals surface area contributed by atoms with Gasteiger partial charge >= 0.3 is 0 Å². The third kappa shape index (κ3) is 4.44. The Morgan fingerprint density at radius 3 is 2.44 bits per heavy atom. The van der Waals surface area contributed by atoms with E-state index in [1.165, 1.54) is 28.6 Å². The fourth-order valence-electron chi connectivity index (χ4n) is 2.66. The normalized spacial score (nSPS) is 15.5. The van der Waals surface area contributed by atoms with Gasteiger partial charge in [-0.3, -0.25) is 4.79 Å². The average molecular weight is 429 g/mol. The molecule has 1 fully saturated rings. The van der Waals surface area contributed by atoms with Crippen LogP contribution in [0.5, 0.6) is 0 Å². The number of amides is 1. The Morgan fingerprint density at radius 2 is 1.78 bits per heavy atom. The largest absolute Gasteiger partial charge is 0.379 e. The monoisotopic (exact) mass is 428 g/mol. The molecule has 2 aromatic carbocycles. The van der Waals surface area contributed by atoms with Crippen LogP contribution in [0.2, 0.25) is 10.0 Å². The summed E-state index contributed by atoms with van der Waals surface area (Å²) in [7, 11) is -3.65. The second kappa shape index (κ2) is 8.16. The Kier molecular flexibility index (Phi) is 6.08. The molecule has 144 valence electrons. The van der Waals surface area contributed by atoms with E-state index in [9.17, 15) is 13.2 Å². The Balaban J connectivity index is 1.87. The summed E-state index contributed by atoms with van der Waals surface area (Å²) in [5.41, 5.74) is 1.48. The molecule has 0 aromatic heterocycles. The van der Waals surface area contributed by atoms with Crippen molar-refractivity contribution in [3.05, 3.63) is 57.6 Å². The average Bonchev–Trinajstić information content (AvgIpc) is 2.66. The molecule has 1 N–H and O–H groups in total. The van der Waals surface area contributed by atoms with Gasteiger partial charge in [-0.1, -0.05) is 29.3 Å². The zero-order valence-corrected chi connectivity index (χ0v) is 16.9. The smallest absolute Gasteiger partial charge is 0.255 e. The molecule has 3 rings (SSSR count). The number of aryl methyl sites for hydroxylation is 1. The third-order valence-electron chi connectivity index (χ3n) is 4.25. The lowest BCUT2D eigenvalue weighted by atomic mass is 10.1. The molecule has 0 atom stereocenters. The molecule has 0 aliphatic carbocycles. The van der Waals surface area contributed by atoms with Gasteiger partial charge in [0.2, 0.25) is 10.0 Å². The van der Waals surface area contributed by atoms with Crippen molar-refractivity contribution in [3.63, 3.8) is 0 Å². The molecule has 1 amide bonds. The minimum absolute atomic E-state index is 0.124. The number of sulfonamides is 1. The first-order valence-electron chi connectivity index (χ1n) is 8.24. The Hall–Kier alpha value is -1.64. The van der Waals surface area contributed by atoms with Gasteiger partial charge in [-0.15, -0.1) is 0 Å². The molecule has 27 heavy (non-hydrogen) atoms. The summed E-state index contributed by atoms with van der Waals surface area (Å²) in [5, 5.41) is 3.36.